The first kappa shape index (κ1) is 8.85. The molecule has 0 unspecified atom stereocenters. The van der Waals surface area contributed by atoms with Gasteiger partial charge in [-0.2, -0.15) is 0 Å². The number of benzene rings is 1. The second kappa shape index (κ2) is 3.44. The van der Waals surface area contributed by atoms with Gasteiger partial charge in [-0.3, -0.25) is 0 Å². The Labute approximate surface area is 75.6 Å². The summed E-state index contributed by atoms with van der Waals surface area (Å²) in [4.78, 5) is 0. The van der Waals surface area contributed by atoms with Crippen molar-refractivity contribution in [1.29, 1.82) is 0 Å². The number of hydrogen-bond acceptors (Lipinski definition) is 1. The number of aliphatic hydroxyl groups is 1. The van der Waals surface area contributed by atoms with E-state index >= 15 is 0 Å². The van der Waals surface area contributed by atoms with Gasteiger partial charge in [0.25, 0.3) is 0 Å². The second-order valence-corrected chi connectivity index (χ2v) is 3.16. The molecule has 60 valence electrons. The SMILES string of the molecule is Cc1cc(Cl)c(Cl)c(CO)c1. The molecule has 0 radical (unpaired) electrons. The molecule has 0 saturated heterocycles. The van der Waals surface area contributed by atoms with Crippen LogP contribution in [0.2, 0.25) is 10.0 Å². The highest BCUT2D eigenvalue weighted by Crippen LogP contribution is 2.27. The monoisotopic (exact) mass is 190 g/mol. The lowest BCUT2D eigenvalue weighted by atomic mass is 10.1. The van der Waals surface area contributed by atoms with Gasteiger partial charge in [-0.1, -0.05) is 29.3 Å². The van der Waals surface area contributed by atoms with E-state index in [1.807, 2.05) is 13.0 Å². The Kier molecular flexibility index (Phi) is 2.77. The zero-order valence-electron chi connectivity index (χ0n) is 6.06. The van der Waals surface area contributed by atoms with Gasteiger partial charge in [0.05, 0.1) is 16.7 Å². The van der Waals surface area contributed by atoms with Gasteiger partial charge >= 0.3 is 0 Å². The molecule has 1 nitrogen and oxygen atoms in total. The van der Waals surface area contributed by atoms with Crippen molar-refractivity contribution >= 4 is 23.2 Å². The van der Waals surface area contributed by atoms with E-state index in [-0.39, 0.29) is 6.61 Å². The van der Waals surface area contributed by atoms with E-state index in [1.165, 1.54) is 0 Å². The molecule has 11 heavy (non-hydrogen) atoms. The summed E-state index contributed by atoms with van der Waals surface area (Å²) in [5.41, 5.74) is 1.68. The van der Waals surface area contributed by atoms with Crippen molar-refractivity contribution in [2.45, 2.75) is 13.5 Å². The number of halogens is 2. The zero-order valence-corrected chi connectivity index (χ0v) is 7.58. The molecule has 0 aromatic heterocycles. The summed E-state index contributed by atoms with van der Waals surface area (Å²) in [5.74, 6) is 0. The Morgan fingerprint density at radius 2 is 2.00 bits per heavy atom. The van der Waals surface area contributed by atoms with Crippen LogP contribution in [-0.4, -0.2) is 5.11 Å². The number of hydrogen-bond donors (Lipinski definition) is 1. The summed E-state index contributed by atoms with van der Waals surface area (Å²) in [6.45, 7) is 1.83. The zero-order chi connectivity index (χ0) is 8.43. The van der Waals surface area contributed by atoms with Crippen LogP contribution >= 0.6 is 23.2 Å². The second-order valence-electron chi connectivity index (χ2n) is 2.38. The molecule has 0 saturated carbocycles. The van der Waals surface area contributed by atoms with Crippen LogP contribution in [0.1, 0.15) is 11.1 Å². The Bertz CT molecular complexity index is 271. The Morgan fingerprint density at radius 1 is 1.36 bits per heavy atom. The topological polar surface area (TPSA) is 20.2 Å². The first-order valence-electron chi connectivity index (χ1n) is 3.20. The molecule has 0 fully saturated rings. The maximum absolute atomic E-state index is 8.82. The first-order valence-corrected chi connectivity index (χ1v) is 3.96. The van der Waals surface area contributed by atoms with E-state index in [4.69, 9.17) is 28.3 Å². The predicted octanol–water partition coefficient (Wildman–Crippen LogP) is 2.79. The fourth-order valence-corrected chi connectivity index (χ4v) is 1.37. The number of aryl methyl sites for hydroxylation is 1. The lowest BCUT2D eigenvalue weighted by molar-refractivity contribution is 0.282. The molecule has 0 bridgehead atoms. The van der Waals surface area contributed by atoms with Crippen molar-refractivity contribution in [3.8, 4) is 0 Å². The molecule has 1 aromatic carbocycles. The van der Waals surface area contributed by atoms with E-state index in [0.717, 1.165) is 5.56 Å². The molecule has 0 spiro atoms. The van der Waals surface area contributed by atoms with Crippen molar-refractivity contribution < 1.29 is 5.11 Å². The van der Waals surface area contributed by atoms with E-state index in [9.17, 15) is 0 Å². The summed E-state index contributed by atoms with van der Waals surface area (Å²) < 4.78 is 0. The van der Waals surface area contributed by atoms with Crippen molar-refractivity contribution in [1.82, 2.24) is 0 Å². The van der Waals surface area contributed by atoms with Crippen LogP contribution in [0.15, 0.2) is 12.1 Å². The summed E-state index contributed by atoms with van der Waals surface area (Å²) >= 11 is 11.5. The quantitative estimate of drug-likeness (QED) is 0.723. The normalized spacial score (nSPS) is 10.2. The van der Waals surface area contributed by atoms with Gasteiger partial charge < -0.3 is 5.11 Å². The summed E-state index contributed by atoms with van der Waals surface area (Å²) in [7, 11) is 0. The number of rotatable bonds is 1. The van der Waals surface area contributed by atoms with Crippen LogP contribution in [-0.2, 0) is 6.61 Å². The Morgan fingerprint density at radius 3 is 2.55 bits per heavy atom. The van der Waals surface area contributed by atoms with Crippen LogP contribution in [0, 0.1) is 6.92 Å². The van der Waals surface area contributed by atoms with E-state index < -0.39 is 0 Å². The van der Waals surface area contributed by atoms with Gasteiger partial charge in [0, 0.05) is 0 Å². The molecular weight excluding hydrogens is 183 g/mol. The van der Waals surface area contributed by atoms with Crippen molar-refractivity contribution in [2.24, 2.45) is 0 Å². The van der Waals surface area contributed by atoms with Gasteiger partial charge in [0.2, 0.25) is 0 Å². The first-order chi connectivity index (χ1) is 5.15. The average Bonchev–Trinajstić information content (AvgIpc) is 1.96. The Hall–Kier alpha value is -0.240. The van der Waals surface area contributed by atoms with Crippen LogP contribution < -0.4 is 0 Å². The molecule has 0 aliphatic carbocycles. The molecule has 0 aliphatic heterocycles. The summed E-state index contributed by atoms with van der Waals surface area (Å²) in [6, 6.07) is 3.58. The molecule has 0 aliphatic rings. The predicted molar refractivity (Wildman–Crippen MR) is 47.1 cm³/mol. The van der Waals surface area contributed by atoms with E-state index in [0.29, 0.717) is 15.6 Å². The van der Waals surface area contributed by atoms with Gasteiger partial charge in [-0.25, -0.2) is 0 Å². The molecule has 3 heteroatoms. The molecule has 1 N–H and O–H groups in total. The highest BCUT2D eigenvalue weighted by molar-refractivity contribution is 6.42. The van der Waals surface area contributed by atoms with Crippen molar-refractivity contribution in [3.05, 3.63) is 33.3 Å². The third kappa shape index (κ3) is 1.86. The third-order valence-corrected chi connectivity index (χ3v) is 2.26. The molecular formula is C8H8Cl2O. The van der Waals surface area contributed by atoms with Gasteiger partial charge in [-0.15, -0.1) is 0 Å². The minimum Gasteiger partial charge on any atom is -0.392 e. The van der Waals surface area contributed by atoms with Gasteiger partial charge in [0.1, 0.15) is 0 Å². The summed E-state index contributed by atoms with van der Waals surface area (Å²) in [6.07, 6.45) is 0. The fraction of sp³-hybridized carbons (Fsp3) is 0.250. The fourth-order valence-electron chi connectivity index (χ4n) is 0.912. The standard InChI is InChI=1S/C8H8Cl2O/c1-5-2-6(4-11)8(10)7(9)3-5/h2-3,11H,4H2,1H3. The lowest BCUT2D eigenvalue weighted by Gasteiger charge is -2.03. The molecule has 0 atom stereocenters. The van der Waals surface area contributed by atoms with Crippen LogP contribution in [0.3, 0.4) is 0 Å². The minimum absolute atomic E-state index is 0.0692. The van der Waals surface area contributed by atoms with Crippen molar-refractivity contribution in [3.63, 3.8) is 0 Å². The Balaban J connectivity index is 3.24. The minimum atomic E-state index is -0.0692. The molecule has 0 heterocycles. The van der Waals surface area contributed by atoms with Crippen molar-refractivity contribution in [2.75, 3.05) is 0 Å². The van der Waals surface area contributed by atoms with Gasteiger partial charge in [0.15, 0.2) is 0 Å². The summed E-state index contributed by atoms with van der Waals surface area (Å²) in [5, 5.41) is 9.76. The largest absolute Gasteiger partial charge is 0.392 e. The van der Waals surface area contributed by atoms with Gasteiger partial charge in [-0.05, 0) is 24.1 Å². The third-order valence-electron chi connectivity index (χ3n) is 1.42. The highest BCUT2D eigenvalue weighted by atomic mass is 35.5. The van der Waals surface area contributed by atoms with Crippen LogP contribution in [0.25, 0.3) is 0 Å². The molecule has 1 rings (SSSR count). The maximum atomic E-state index is 8.82. The average molecular weight is 191 g/mol. The van der Waals surface area contributed by atoms with Crippen LogP contribution in [0.5, 0.6) is 0 Å². The number of aliphatic hydroxyl groups excluding tert-OH is 1. The molecule has 0 amide bonds. The highest BCUT2D eigenvalue weighted by Gasteiger charge is 2.03. The van der Waals surface area contributed by atoms with E-state index in [1.54, 1.807) is 6.07 Å². The van der Waals surface area contributed by atoms with E-state index in [2.05, 4.69) is 0 Å². The van der Waals surface area contributed by atoms with Crippen LogP contribution in [0.4, 0.5) is 0 Å². The maximum Gasteiger partial charge on any atom is 0.0697 e. The lowest BCUT2D eigenvalue weighted by Crippen LogP contribution is -1.86. The smallest absolute Gasteiger partial charge is 0.0697 e. The molecule has 1 aromatic rings.